The molecule has 0 saturated heterocycles. The van der Waals surface area contributed by atoms with E-state index in [0.717, 1.165) is 0 Å². The fraction of sp³-hybridized carbons (Fsp3) is 0.111. The van der Waals surface area contributed by atoms with E-state index in [1.165, 1.54) is 12.4 Å². The van der Waals surface area contributed by atoms with Crippen LogP contribution in [0.5, 0.6) is 0 Å². The van der Waals surface area contributed by atoms with Gasteiger partial charge in [0.2, 0.25) is 0 Å². The van der Waals surface area contributed by atoms with E-state index in [0.29, 0.717) is 11.1 Å². The van der Waals surface area contributed by atoms with Crippen LogP contribution in [-0.4, -0.2) is 9.97 Å². The summed E-state index contributed by atoms with van der Waals surface area (Å²) in [5, 5.41) is 0.283. The molecule has 13 heavy (non-hydrogen) atoms. The van der Waals surface area contributed by atoms with Gasteiger partial charge in [0.25, 0.3) is 5.56 Å². The Morgan fingerprint density at radius 1 is 1.46 bits per heavy atom. The van der Waals surface area contributed by atoms with Crippen LogP contribution in [-0.2, 0) is 0 Å². The molecule has 0 atom stereocenters. The van der Waals surface area contributed by atoms with Gasteiger partial charge in [-0.15, -0.1) is 0 Å². The first kappa shape index (κ1) is 7.91. The molecule has 66 valence electrons. The van der Waals surface area contributed by atoms with Gasteiger partial charge >= 0.3 is 0 Å². The van der Waals surface area contributed by atoms with Gasteiger partial charge in [-0.2, -0.15) is 4.98 Å². The second-order valence-corrected chi connectivity index (χ2v) is 2.85. The highest BCUT2D eigenvalue weighted by molar-refractivity contribution is 5.77. The van der Waals surface area contributed by atoms with Crippen LogP contribution in [0.1, 0.15) is 5.56 Å². The van der Waals surface area contributed by atoms with Crippen molar-refractivity contribution in [2.45, 2.75) is 6.92 Å². The lowest BCUT2D eigenvalue weighted by atomic mass is 10.1. The quantitative estimate of drug-likeness (QED) is 0.662. The van der Waals surface area contributed by atoms with Crippen molar-refractivity contribution < 1.29 is 4.39 Å². The largest absolute Gasteiger partial charge is 0.346 e. The van der Waals surface area contributed by atoms with Gasteiger partial charge in [0.1, 0.15) is 5.82 Å². The van der Waals surface area contributed by atoms with Crippen LogP contribution in [0, 0.1) is 12.7 Å². The number of benzene rings is 1. The molecule has 0 saturated carbocycles. The van der Waals surface area contributed by atoms with Gasteiger partial charge in [-0.1, -0.05) is 0 Å². The van der Waals surface area contributed by atoms with Crippen LogP contribution in [0.2, 0.25) is 0 Å². The molecule has 4 heteroatoms. The predicted octanol–water partition coefficient (Wildman–Crippen LogP) is 1.37. The molecule has 0 aliphatic heterocycles. The summed E-state index contributed by atoms with van der Waals surface area (Å²) < 4.78 is 13.0. The SMILES string of the molecule is Cc1cc2[nH]cnc(=O)c2cc1F. The van der Waals surface area contributed by atoms with Crippen LogP contribution in [0.25, 0.3) is 10.9 Å². The third kappa shape index (κ3) is 1.20. The Bertz CT molecular complexity index is 518. The summed E-state index contributed by atoms with van der Waals surface area (Å²) in [4.78, 5) is 17.4. The van der Waals surface area contributed by atoms with Gasteiger partial charge in [0, 0.05) is 0 Å². The van der Waals surface area contributed by atoms with Gasteiger partial charge in [-0.25, -0.2) is 4.39 Å². The number of aromatic amines is 1. The highest BCUT2D eigenvalue weighted by Gasteiger charge is 2.03. The predicted molar refractivity (Wildman–Crippen MR) is 47.1 cm³/mol. The summed E-state index contributed by atoms with van der Waals surface area (Å²) >= 11 is 0. The Kier molecular flexibility index (Phi) is 1.62. The highest BCUT2D eigenvalue weighted by atomic mass is 19.1. The molecule has 0 amide bonds. The zero-order valence-electron chi connectivity index (χ0n) is 6.97. The van der Waals surface area contributed by atoms with Gasteiger partial charge in [-0.05, 0) is 24.6 Å². The lowest BCUT2D eigenvalue weighted by Crippen LogP contribution is -2.06. The molecule has 1 aromatic carbocycles. The Balaban J connectivity index is 2.97. The lowest BCUT2D eigenvalue weighted by Gasteiger charge is -1.98. The van der Waals surface area contributed by atoms with Crippen LogP contribution in [0.4, 0.5) is 4.39 Å². The second kappa shape index (κ2) is 2.65. The first-order chi connectivity index (χ1) is 6.18. The van der Waals surface area contributed by atoms with Crippen molar-refractivity contribution >= 4 is 10.9 Å². The van der Waals surface area contributed by atoms with Gasteiger partial charge in [-0.3, -0.25) is 4.79 Å². The topological polar surface area (TPSA) is 45.8 Å². The molecule has 2 aromatic rings. The number of hydrogen-bond acceptors (Lipinski definition) is 2. The summed E-state index contributed by atoms with van der Waals surface area (Å²) in [5.74, 6) is -0.383. The molecule has 0 fully saturated rings. The minimum atomic E-state index is -0.410. The van der Waals surface area contributed by atoms with E-state index >= 15 is 0 Å². The van der Waals surface area contributed by atoms with E-state index < -0.39 is 5.56 Å². The summed E-state index contributed by atoms with van der Waals surface area (Å²) in [6.45, 7) is 1.65. The van der Waals surface area contributed by atoms with Crippen molar-refractivity contribution in [2.75, 3.05) is 0 Å². The normalized spacial score (nSPS) is 10.6. The van der Waals surface area contributed by atoms with Crippen LogP contribution in [0.3, 0.4) is 0 Å². The fourth-order valence-electron chi connectivity index (χ4n) is 1.21. The first-order valence-corrected chi connectivity index (χ1v) is 3.82. The van der Waals surface area contributed by atoms with Crippen LogP contribution >= 0.6 is 0 Å². The molecule has 0 aliphatic carbocycles. The maximum atomic E-state index is 13.0. The molecule has 0 aliphatic rings. The lowest BCUT2D eigenvalue weighted by molar-refractivity contribution is 0.620. The van der Waals surface area contributed by atoms with E-state index in [1.807, 2.05) is 0 Å². The average molecular weight is 178 g/mol. The molecule has 2 rings (SSSR count). The summed E-state index contributed by atoms with van der Waals surface area (Å²) in [7, 11) is 0. The molecule has 0 spiro atoms. The smallest absolute Gasteiger partial charge is 0.280 e. The number of halogens is 1. The van der Waals surface area contributed by atoms with E-state index in [4.69, 9.17) is 0 Å². The molecule has 1 heterocycles. The average Bonchev–Trinajstić information content (AvgIpc) is 2.09. The molecular weight excluding hydrogens is 171 g/mol. The number of fused-ring (bicyclic) bond motifs is 1. The molecule has 3 nitrogen and oxygen atoms in total. The van der Waals surface area contributed by atoms with E-state index in [-0.39, 0.29) is 11.2 Å². The first-order valence-electron chi connectivity index (χ1n) is 3.82. The second-order valence-electron chi connectivity index (χ2n) is 2.85. The minimum Gasteiger partial charge on any atom is -0.346 e. The number of rotatable bonds is 0. The van der Waals surface area contributed by atoms with Gasteiger partial charge in [0.15, 0.2) is 0 Å². The van der Waals surface area contributed by atoms with Gasteiger partial charge < -0.3 is 4.98 Å². The Morgan fingerprint density at radius 2 is 2.23 bits per heavy atom. The van der Waals surface area contributed by atoms with Crippen LogP contribution < -0.4 is 5.56 Å². The van der Waals surface area contributed by atoms with Crippen molar-refractivity contribution in [3.05, 3.63) is 40.2 Å². The number of nitrogens with one attached hydrogen (secondary N) is 1. The Labute approximate surface area is 73.2 Å². The minimum absolute atomic E-state index is 0.283. The summed E-state index contributed by atoms with van der Waals surface area (Å²) in [6.07, 6.45) is 1.31. The van der Waals surface area contributed by atoms with Crippen molar-refractivity contribution in [1.82, 2.24) is 9.97 Å². The number of hydrogen-bond donors (Lipinski definition) is 1. The van der Waals surface area contributed by atoms with Crippen LogP contribution in [0.15, 0.2) is 23.3 Å². The Hall–Kier alpha value is -1.71. The Morgan fingerprint density at radius 3 is 3.00 bits per heavy atom. The molecule has 1 aromatic heterocycles. The third-order valence-corrected chi connectivity index (χ3v) is 1.93. The van der Waals surface area contributed by atoms with Crippen molar-refractivity contribution in [1.29, 1.82) is 0 Å². The highest BCUT2D eigenvalue weighted by Crippen LogP contribution is 2.12. The summed E-state index contributed by atoms with van der Waals surface area (Å²) in [5.41, 5.74) is 0.709. The maximum Gasteiger partial charge on any atom is 0.280 e. The van der Waals surface area contributed by atoms with E-state index in [9.17, 15) is 9.18 Å². The van der Waals surface area contributed by atoms with Crippen molar-refractivity contribution in [3.63, 3.8) is 0 Å². The van der Waals surface area contributed by atoms with E-state index in [1.54, 1.807) is 13.0 Å². The standard InChI is InChI=1S/C9H7FN2O/c1-5-2-8-6(3-7(5)10)9(13)12-4-11-8/h2-4H,1H3,(H,11,12,13). The molecule has 0 bridgehead atoms. The zero-order chi connectivity index (χ0) is 9.42. The number of aromatic nitrogens is 2. The van der Waals surface area contributed by atoms with E-state index in [2.05, 4.69) is 9.97 Å². The van der Waals surface area contributed by atoms with Crippen molar-refractivity contribution in [2.24, 2.45) is 0 Å². The maximum absolute atomic E-state index is 13.0. The molecule has 1 N–H and O–H groups in total. The van der Waals surface area contributed by atoms with Crippen molar-refractivity contribution in [3.8, 4) is 0 Å². The number of aryl methyl sites for hydroxylation is 1. The number of nitrogens with zero attached hydrogens (tertiary/aromatic N) is 1. The summed E-state index contributed by atoms with van der Waals surface area (Å²) in [6, 6.07) is 2.80. The fourth-order valence-corrected chi connectivity index (χ4v) is 1.21. The molecule has 0 unspecified atom stereocenters. The third-order valence-electron chi connectivity index (χ3n) is 1.93. The molecule has 0 radical (unpaired) electrons. The molecular formula is C9H7FN2O. The van der Waals surface area contributed by atoms with Gasteiger partial charge in [0.05, 0.1) is 17.2 Å². The monoisotopic (exact) mass is 178 g/mol. The number of H-pyrrole nitrogens is 1. The zero-order valence-corrected chi connectivity index (χ0v) is 6.97.